The molecule has 0 atom stereocenters. The molecule has 0 amide bonds. The van der Waals surface area contributed by atoms with Crippen molar-refractivity contribution >= 4 is 0 Å². The lowest BCUT2D eigenvalue weighted by atomic mass is 9.94. The SMILES string of the molecule is COc1cccc(C2(CN)CC2)c1OC1CCOCC1. The highest BCUT2D eigenvalue weighted by atomic mass is 16.5. The van der Waals surface area contributed by atoms with E-state index in [1.54, 1.807) is 7.11 Å². The van der Waals surface area contributed by atoms with E-state index in [4.69, 9.17) is 19.9 Å². The summed E-state index contributed by atoms with van der Waals surface area (Å²) in [6, 6.07) is 6.13. The second-order valence-electron chi connectivity index (χ2n) is 5.75. The Morgan fingerprint density at radius 1 is 1.30 bits per heavy atom. The number of rotatable bonds is 5. The van der Waals surface area contributed by atoms with Crippen LogP contribution in [0.15, 0.2) is 18.2 Å². The topological polar surface area (TPSA) is 53.7 Å². The van der Waals surface area contributed by atoms with Gasteiger partial charge in [-0.05, 0) is 18.9 Å². The van der Waals surface area contributed by atoms with Gasteiger partial charge < -0.3 is 19.9 Å². The third-order valence-corrected chi connectivity index (χ3v) is 4.47. The molecule has 0 radical (unpaired) electrons. The summed E-state index contributed by atoms with van der Waals surface area (Å²) in [6.45, 7) is 2.22. The van der Waals surface area contributed by atoms with Crippen LogP contribution in [-0.2, 0) is 10.2 Å². The fourth-order valence-electron chi connectivity index (χ4n) is 2.91. The van der Waals surface area contributed by atoms with Crippen LogP contribution in [0.25, 0.3) is 0 Å². The fourth-order valence-corrected chi connectivity index (χ4v) is 2.91. The van der Waals surface area contributed by atoms with Gasteiger partial charge in [-0.2, -0.15) is 0 Å². The highest BCUT2D eigenvalue weighted by Crippen LogP contribution is 2.52. The molecule has 110 valence electrons. The minimum absolute atomic E-state index is 0.106. The van der Waals surface area contributed by atoms with Crippen LogP contribution < -0.4 is 15.2 Å². The Hall–Kier alpha value is -1.26. The van der Waals surface area contributed by atoms with Gasteiger partial charge in [0, 0.05) is 30.4 Å². The number of benzene rings is 1. The molecule has 2 N–H and O–H groups in total. The quantitative estimate of drug-likeness (QED) is 0.897. The Morgan fingerprint density at radius 3 is 2.65 bits per heavy atom. The van der Waals surface area contributed by atoms with Crippen LogP contribution in [0, 0.1) is 0 Å². The molecular weight excluding hydrogens is 254 g/mol. The van der Waals surface area contributed by atoms with Gasteiger partial charge >= 0.3 is 0 Å². The van der Waals surface area contributed by atoms with Gasteiger partial charge in [-0.1, -0.05) is 12.1 Å². The summed E-state index contributed by atoms with van der Waals surface area (Å²) in [5.41, 5.74) is 7.30. The van der Waals surface area contributed by atoms with Crippen molar-refractivity contribution in [1.29, 1.82) is 0 Å². The molecule has 20 heavy (non-hydrogen) atoms. The van der Waals surface area contributed by atoms with E-state index in [1.165, 1.54) is 5.56 Å². The van der Waals surface area contributed by atoms with E-state index in [0.717, 1.165) is 50.4 Å². The summed E-state index contributed by atoms with van der Waals surface area (Å²) in [7, 11) is 1.69. The largest absolute Gasteiger partial charge is 0.493 e. The third kappa shape index (κ3) is 2.50. The van der Waals surface area contributed by atoms with Crippen LogP contribution in [0.4, 0.5) is 0 Å². The zero-order valence-electron chi connectivity index (χ0n) is 12.1. The van der Waals surface area contributed by atoms with Gasteiger partial charge in [-0.3, -0.25) is 0 Å². The monoisotopic (exact) mass is 277 g/mol. The molecule has 1 saturated heterocycles. The molecule has 0 aromatic heterocycles. The summed E-state index contributed by atoms with van der Waals surface area (Å²) < 4.78 is 17.2. The molecule has 0 spiro atoms. The van der Waals surface area contributed by atoms with Gasteiger partial charge in [-0.25, -0.2) is 0 Å². The average Bonchev–Trinajstić information content (AvgIpc) is 3.29. The minimum Gasteiger partial charge on any atom is -0.493 e. The Bertz CT molecular complexity index is 465. The van der Waals surface area contributed by atoms with Crippen LogP contribution in [0.5, 0.6) is 11.5 Å². The van der Waals surface area contributed by atoms with Crippen LogP contribution >= 0.6 is 0 Å². The van der Waals surface area contributed by atoms with Crippen LogP contribution in [0.2, 0.25) is 0 Å². The molecule has 2 fully saturated rings. The third-order valence-electron chi connectivity index (χ3n) is 4.47. The zero-order chi connectivity index (χ0) is 14.0. The molecular formula is C16H23NO3. The summed E-state index contributed by atoms with van der Waals surface area (Å²) in [5, 5.41) is 0. The summed E-state index contributed by atoms with van der Waals surface area (Å²) >= 11 is 0. The maximum Gasteiger partial charge on any atom is 0.165 e. The lowest BCUT2D eigenvalue weighted by Gasteiger charge is -2.27. The van der Waals surface area contributed by atoms with E-state index in [2.05, 4.69) is 6.07 Å². The minimum atomic E-state index is 0.106. The molecule has 0 unspecified atom stereocenters. The molecule has 1 aromatic carbocycles. The normalized spacial score (nSPS) is 21.5. The van der Waals surface area contributed by atoms with Gasteiger partial charge in [0.1, 0.15) is 6.10 Å². The summed E-state index contributed by atoms with van der Waals surface area (Å²) in [5.74, 6) is 1.71. The molecule has 4 heteroatoms. The number of para-hydroxylation sites is 1. The molecule has 3 rings (SSSR count). The summed E-state index contributed by atoms with van der Waals surface area (Å²) in [6.07, 6.45) is 4.37. The van der Waals surface area contributed by atoms with E-state index >= 15 is 0 Å². The molecule has 1 heterocycles. The molecule has 1 aliphatic heterocycles. The van der Waals surface area contributed by atoms with Crippen molar-refractivity contribution in [2.45, 2.75) is 37.2 Å². The van der Waals surface area contributed by atoms with E-state index in [0.29, 0.717) is 6.54 Å². The number of hydrogen-bond acceptors (Lipinski definition) is 4. The van der Waals surface area contributed by atoms with Crippen molar-refractivity contribution < 1.29 is 14.2 Å². The maximum atomic E-state index is 6.28. The first-order valence-corrected chi connectivity index (χ1v) is 7.41. The smallest absolute Gasteiger partial charge is 0.165 e. The maximum absolute atomic E-state index is 6.28. The van der Waals surface area contributed by atoms with Crippen molar-refractivity contribution in [1.82, 2.24) is 0 Å². The Morgan fingerprint density at radius 2 is 2.05 bits per heavy atom. The molecule has 2 aliphatic rings. The predicted molar refractivity (Wildman–Crippen MR) is 77.4 cm³/mol. The second kappa shape index (κ2) is 5.62. The van der Waals surface area contributed by atoms with E-state index in [1.807, 2.05) is 12.1 Å². The molecule has 0 bridgehead atoms. The number of methoxy groups -OCH3 is 1. The van der Waals surface area contributed by atoms with Crippen LogP contribution in [0.1, 0.15) is 31.2 Å². The van der Waals surface area contributed by atoms with Gasteiger partial charge in [0.25, 0.3) is 0 Å². The molecule has 1 aliphatic carbocycles. The molecule has 1 saturated carbocycles. The highest BCUT2D eigenvalue weighted by molar-refractivity contribution is 5.52. The van der Waals surface area contributed by atoms with Crippen LogP contribution in [-0.4, -0.2) is 33.0 Å². The van der Waals surface area contributed by atoms with Crippen molar-refractivity contribution in [2.75, 3.05) is 26.9 Å². The van der Waals surface area contributed by atoms with E-state index in [-0.39, 0.29) is 11.5 Å². The lowest BCUT2D eigenvalue weighted by Crippen LogP contribution is -2.28. The highest BCUT2D eigenvalue weighted by Gasteiger charge is 2.45. The second-order valence-corrected chi connectivity index (χ2v) is 5.75. The first-order valence-electron chi connectivity index (χ1n) is 7.41. The standard InChI is InChI=1S/C16H23NO3/c1-18-14-4-2-3-13(16(11-17)7-8-16)15(14)20-12-5-9-19-10-6-12/h2-4,12H,5-11,17H2,1H3. The lowest BCUT2D eigenvalue weighted by molar-refractivity contribution is 0.0239. The van der Waals surface area contributed by atoms with E-state index in [9.17, 15) is 0 Å². The number of hydrogen-bond donors (Lipinski definition) is 1. The molecule has 1 aromatic rings. The summed E-state index contributed by atoms with van der Waals surface area (Å²) in [4.78, 5) is 0. The van der Waals surface area contributed by atoms with Crippen molar-refractivity contribution in [3.8, 4) is 11.5 Å². The van der Waals surface area contributed by atoms with E-state index < -0.39 is 0 Å². The zero-order valence-corrected chi connectivity index (χ0v) is 12.1. The van der Waals surface area contributed by atoms with Crippen molar-refractivity contribution in [3.63, 3.8) is 0 Å². The van der Waals surface area contributed by atoms with Gasteiger partial charge in [0.2, 0.25) is 0 Å². The predicted octanol–water partition coefficient (Wildman–Crippen LogP) is 2.24. The fraction of sp³-hybridized carbons (Fsp3) is 0.625. The first kappa shape index (κ1) is 13.7. The Labute approximate surface area is 120 Å². The average molecular weight is 277 g/mol. The van der Waals surface area contributed by atoms with Gasteiger partial charge in [0.05, 0.1) is 20.3 Å². The molecule has 4 nitrogen and oxygen atoms in total. The Kier molecular flexibility index (Phi) is 3.85. The van der Waals surface area contributed by atoms with Gasteiger partial charge in [-0.15, -0.1) is 0 Å². The number of nitrogens with two attached hydrogens (primary N) is 1. The van der Waals surface area contributed by atoms with Gasteiger partial charge in [0.15, 0.2) is 11.5 Å². The first-order chi connectivity index (χ1) is 9.79. The van der Waals surface area contributed by atoms with Crippen molar-refractivity contribution in [3.05, 3.63) is 23.8 Å². The number of ether oxygens (including phenoxy) is 3. The Balaban J connectivity index is 1.90. The van der Waals surface area contributed by atoms with Crippen molar-refractivity contribution in [2.24, 2.45) is 5.73 Å². The van der Waals surface area contributed by atoms with Crippen LogP contribution in [0.3, 0.4) is 0 Å².